The maximum Gasteiger partial charge on any atom is -1.00 e. The minimum atomic E-state index is -2.60. The van der Waals surface area contributed by atoms with Crippen LogP contribution in [-0.4, -0.2) is 3.21 Å². The van der Waals surface area contributed by atoms with Crippen molar-refractivity contribution >= 4 is 3.21 Å². The summed E-state index contributed by atoms with van der Waals surface area (Å²) in [4.78, 5) is 0. The average Bonchev–Trinajstić information content (AvgIpc) is 3.50. The third-order valence-corrected chi connectivity index (χ3v) is 16.1. The molecule has 6 rings (SSSR count). The third kappa shape index (κ3) is 5.78. The number of hydrogen-bond donors (Lipinski definition) is 0. The van der Waals surface area contributed by atoms with Crippen molar-refractivity contribution < 1.29 is 46.1 Å². The Hall–Kier alpha value is -2.31. The van der Waals surface area contributed by atoms with Crippen molar-refractivity contribution in [1.82, 2.24) is 0 Å². The van der Waals surface area contributed by atoms with E-state index in [9.17, 15) is 0 Å². The summed E-state index contributed by atoms with van der Waals surface area (Å²) in [6, 6.07) is 36.9. The van der Waals surface area contributed by atoms with Gasteiger partial charge in [0.1, 0.15) is 0 Å². The van der Waals surface area contributed by atoms with Gasteiger partial charge in [-0.25, -0.2) is 0 Å². The first-order valence-corrected chi connectivity index (χ1v) is 17.5. The van der Waals surface area contributed by atoms with Crippen LogP contribution >= 0.6 is 0 Å². The maximum atomic E-state index is 2.62. The van der Waals surface area contributed by atoms with Crippen molar-refractivity contribution in [3.8, 4) is 11.1 Å². The van der Waals surface area contributed by atoms with E-state index in [-0.39, 0.29) is 24.8 Å². The van der Waals surface area contributed by atoms with Gasteiger partial charge in [0, 0.05) is 0 Å². The second-order valence-electron chi connectivity index (χ2n) is 10.5. The van der Waals surface area contributed by atoms with Crippen molar-refractivity contribution in [3.05, 3.63) is 151 Å². The first-order chi connectivity index (χ1) is 18.1. The number of fused-ring (bicyclic) bond motifs is 3. The molecule has 0 nitrogen and oxygen atoms in total. The summed E-state index contributed by atoms with van der Waals surface area (Å²) in [5, 5.41) is 0. The van der Waals surface area contributed by atoms with Gasteiger partial charge >= 0.3 is 231 Å². The van der Waals surface area contributed by atoms with E-state index in [1.807, 2.05) is 0 Å². The normalized spacial score (nSPS) is 13.2. The Kier molecular flexibility index (Phi) is 9.82. The molecule has 0 heterocycles. The molecule has 4 aromatic rings. The predicted molar refractivity (Wildman–Crippen MR) is 155 cm³/mol. The van der Waals surface area contributed by atoms with E-state index < -0.39 is 21.3 Å². The molecule has 0 saturated carbocycles. The number of benzene rings is 4. The maximum absolute atomic E-state index is 2.62. The molecule has 0 aliphatic heterocycles. The Morgan fingerprint density at radius 3 is 1.72 bits per heavy atom. The van der Waals surface area contributed by atoms with Gasteiger partial charge in [-0.05, 0) is 0 Å². The summed E-state index contributed by atoms with van der Waals surface area (Å²) in [6.45, 7) is 6.81. The van der Waals surface area contributed by atoms with Crippen molar-refractivity contribution in [2.24, 2.45) is 0 Å². The molecule has 0 bridgehead atoms. The molecule has 4 aromatic carbocycles. The molecule has 0 spiro atoms. The fourth-order valence-corrected chi connectivity index (χ4v) is 15.3. The smallest absolute Gasteiger partial charge is 1.00 e. The van der Waals surface area contributed by atoms with Gasteiger partial charge in [-0.2, -0.15) is 0 Å². The standard InChI is InChI=1S/C15H13.C13H10.C8H11.2ClH.Zr/c1-10-3-5-14-12(7-10)9-13-8-11(2)4-6-15(13)14;1-3-7-12(8-4-1)11-13-9-5-2-6-10-13;1-2-5-8-6-3-4-7-8;;;/h3-9H,1-2H3;1-10H;6-7H,2-3,5H2,1H3;2*1H;/q;;;;;+2/p-2. The summed E-state index contributed by atoms with van der Waals surface area (Å²) in [5.74, 6) is 0. The van der Waals surface area contributed by atoms with Gasteiger partial charge in [0.2, 0.25) is 0 Å². The molecule has 2 aliphatic carbocycles. The van der Waals surface area contributed by atoms with Crippen LogP contribution in [0.1, 0.15) is 63.2 Å². The third-order valence-electron chi connectivity index (χ3n) is 7.84. The molecule has 0 fully saturated rings. The molecule has 0 aromatic heterocycles. The van der Waals surface area contributed by atoms with E-state index in [0.717, 1.165) is 6.42 Å². The largest absolute Gasteiger partial charge is 1.00 e. The van der Waals surface area contributed by atoms with Gasteiger partial charge in [-0.15, -0.1) is 0 Å². The Labute approximate surface area is 253 Å². The minimum absolute atomic E-state index is 0. The molecule has 0 atom stereocenters. The number of hydrogen-bond acceptors (Lipinski definition) is 0. The Morgan fingerprint density at radius 1 is 0.718 bits per heavy atom. The number of allylic oxidation sites excluding steroid dienone is 4. The predicted octanol–water partition coefficient (Wildman–Crippen LogP) is 3.28. The van der Waals surface area contributed by atoms with Crippen molar-refractivity contribution in [3.63, 3.8) is 0 Å². The van der Waals surface area contributed by atoms with E-state index in [4.69, 9.17) is 0 Å². The van der Waals surface area contributed by atoms with Gasteiger partial charge in [-0.3, -0.25) is 0 Å². The Morgan fingerprint density at radius 2 is 1.23 bits per heavy atom. The number of rotatable bonds is 6. The second kappa shape index (κ2) is 12.9. The van der Waals surface area contributed by atoms with Crippen LogP contribution < -0.4 is 24.8 Å². The monoisotopic (exact) mass is 626 g/mol. The van der Waals surface area contributed by atoms with Crippen LogP contribution in [-0.2, 0) is 21.3 Å². The van der Waals surface area contributed by atoms with Crippen molar-refractivity contribution in [2.45, 2.75) is 43.7 Å². The number of aryl methyl sites for hydroxylation is 2. The summed E-state index contributed by atoms with van der Waals surface area (Å²) < 4.78 is 3.84. The zero-order chi connectivity index (χ0) is 25.4. The first-order valence-electron chi connectivity index (χ1n) is 13.6. The summed E-state index contributed by atoms with van der Waals surface area (Å²) in [5.41, 5.74) is 13.1. The van der Waals surface area contributed by atoms with Crippen LogP contribution in [0, 0.1) is 13.8 Å². The molecule has 39 heavy (non-hydrogen) atoms. The van der Waals surface area contributed by atoms with E-state index in [1.165, 1.54) is 46.2 Å². The molecule has 0 saturated heterocycles. The van der Waals surface area contributed by atoms with Gasteiger partial charge < -0.3 is 24.8 Å². The van der Waals surface area contributed by atoms with E-state index in [2.05, 4.69) is 130 Å². The van der Waals surface area contributed by atoms with Gasteiger partial charge in [-0.1, -0.05) is 0 Å². The zero-order valence-electron chi connectivity index (χ0n) is 22.8. The Bertz CT molecular complexity index is 1470. The van der Waals surface area contributed by atoms with Gasteiger partial charge in [0.15, 0.2) is 0 Å². The van der Waals surface area contributed by atoms with Gasteiger partial charge in [0.05, 0.1) is 0 Å². The minimum Gasteiger partial charge on any atom is -1.00 e. The molecule has 3 heteroatoms. The average molecular weight is 629 g/mol. The van der Waals surface area contributed by atoms with Crippen molar-refractivity contribution in [1.29, 1.82) is 0 Å². The van der Waals surface area contributed by atoms with Crippen LogP contribution in [0.2, 0.25) is 0 Å². The van der Waals surface area contributed by atoms with E-state index in [1.54, 1.807) is 23.2 Å². The Balaban J connectivity index is 0.00000176. The molecule has 0 N–H and O–H groups in total. The number of halogens is 2. The summed E-state index contributed by atoms with van der Waals surface area (Å²) in [7, 11) is 0. The SMILES string of the molecule is CCCC1=CC[C]([Zr+2](=[C](c2ccccc2)c2ccccc2)[CH]2c3cc(C)ccc3-c3ccc(C)cc32)=C1.[Cl-].[Cl-]. The fourth-order valence-electron chi connectivity index (χ4n) is 6.22. The van der Waals surface area contributed by atoms with E-state index in [0.29, 0.717) is 3.63 Å². The summed E-state index contributed by atoms with van der Waals surface area (Å²) >= 11 is -2.60. The van der Waals surface area contributed by atoms with Crippen LogP contribution in [0.25, 0.3) is 11.1 Å². The van der Waals surface area contributed by atoms with Gasteiger partial charge in [0.25, 0.3) is 0 Å². The molecular formula is C36H34Cl2Zr. The molecule has 0 radical (unpaired) electrons. The molecule has 196 valence electrons. The van der Waals surface area contributed by atoms with Crippen LogP contribution in [0.5, 0.6) is 0 Å². The molecular weight excluding hydrogens is 595 g/mol. The van der Waals surface area contributed by atoms with E-state index >= 15 is 0 Å². The summed E-state index contributed by atoms with van der Waals surface area (Å²) in [6.07, 6.45) is 8.65. The van der Waals surface area contributed by atoms with Crippen LogP contribution in [0.15, 0.2) is 118 Å². The molecule has 0 unspecified atom stereocenters. The topological polar surface area (TPSA) is 0 Å². The zero-order valence-corrected chi connectivity index (χ0v) is 26.8. The fraction of sp³-hybridized carbons (Fsp3) is 0.194. The first kappa shape index (κ1) is 29.7. The quantitative estimate of drug-likeness (QED) is 0.308. The second-order valence-corrected chi connectivity index (χ2v) is 16.8. The van der Waals surface area contributed by atoms with Crippen molar-refractivity contribution in [2.75, 3.05) is 0 Å². The molecule has 2 aliphatic rings. The van der Waals surface area contributed by atoms with Crippen LogP contribution in [0.3, 0.4) is 0 Å². The molecule has 0 amide bonds. The van der Waals surface area contributed by atoms with Crippen LogP contribution in [0.4, 0.5) is 0 Å².